The third-order valence-electron chi connectivity index (χ3n) is 4.25. The number of amidine groups is 1. The first-order valence-electron chi connectivity index (χ1n) is 8.35. The predicted octanol–water partition coefficient (Wildman–Crippen LogP) is 3.52. The van der Waals surface area contributed by atoms with E-state index in [0.29, 0.717) is 16.3 Å². The summed E-state index contributed by atoms with van der Waals surface area (Å²) in [6.45, 7) is -0.848. The zero-order chi connectivity index (χ0) is 22.1. The molecule has 0 atom stereocenters. The lowest BCUT2D eigenvalue weighted by Crippen LogP contribution is -2.36. The molecule has 156 valence electrons. The summed E-state index contributed by atoms with van der Waals surface area (Å²) in [7, 11) is -4.35. The Morgan fingerprint density at radius 2 is 1.63 bits per heavy atom. The molecule has 0 unspecified atom stereocenters. The highest BCUT2D eigenvalue weighted by atomic mass is 35.5. The lowest BCUT2D eigenvalue weighted by Gasteiger charge is -2.24. The molecule has 0 saturated heterocycles. The third-order valence-corrected chi connectivity index (χ3v) is 6.43. The zero-order valence-corrected chi connectivity index (χ0v) is 17.5. The van der Waals surface area contributed by atoms with Crippen LogP contribution in [0.3, 0.4) is 0 Å². The molecule has 0 aliphatic carbocycles. The monoisotopic (exact) mass is 467 g/mol. The van der Waals surface area contributed by atoms with Gasteiger partial charge in [0, 0.05) is 21.0 Å². The molecule has 0 aliphatic heterocycles. The highest BCUT2D eigenvalue weighted by molar-refractivity contribution is 7.92. The van der Waals surface area contributed by atoms with E-state index in [9.17, 15) is 18.3 Å². The van der Waals surface area contributed by atoms with E-state index in [1.807, 2.05) is 0 Å². The molecule has 0 fully saturated rings. The second-order valence-electron chi connectivity index (χ2n) is 6.17. The van der Waals surface area contributed by atoms with Crippen molar-refractivity contribution in [1.29, 1.82) is 0 Å². The fraction of sp³-hybridized carbons (Fsp3) is 0.0526. The molecule has 0 aliphatic rings. The topological polar surface area (TPSA) is 133 Å². The Labute approximate surface area is 181 Å². The summed E-state index contributed by atoms with van der Waals surface area (Å²) in [5, 5.41) is 22.4. The van der Waals surface area contributed by atoms with E-state index in [0.717, 1.165) is 4.31 Å². The number of aliphatic carboxylic acids is 1. The van der Waals surface area contributed by atoms with Gasteiger partial charge in [0.05, 0.1) is 10.6 Å². The molecule has 8 nitrogen and oxygen atoms in total. The van der Waals surface area contributed by atoms with E-state index in [1.54, 1.807) is 30.3 Å². The summed E-state index contributed by atoms with van der Waals surface area (Å²) in [6.07, 6.45) is 0. The van der Waals surface area contributed by atoms with Gasteiger partial charge in [-0.3, -0.25) is 9.10 Å². The van der Waals surface area contributed by atoms with Crippen LogP contribution in [-0.4, -0.2) is 37.1 Å². The Kier molecular flexibility index (Phi) is 6.06. The Morgan fingerprint density at radius 1 is 1.03 bits per heavy atom. The summed E-state index contributed by atoms with van der Waals surface area (Å²) < 4.78 is 27.4. The van der Waals surface area contributed by atoms with Gasteiger partial charge in [0.1, 0.15) is 6.54 Å². The van der Waals surface area contributed by atoms with E-state index < -0.39 is 22.5 Å². The van der Waals surface area contributed by atoms with Gasteiger partial charge < -0.3 is 16.0 Å². The first-order valence-corrected chi connectivity index (χ1v) is 10.5. The van der Waals surface area contributed by atoms with Crippen molar-refractivity contribution in [2.45, 2.75) is 4.90 Å². The second-order valence-corrected chi connectivity index (χ2v) is 8.91. The maximum atomic E-state index is 13.3. The smallest absolute Gasteiger partial charge is 0.324 e. The van der Waals surface area contributed by atoms with Crippen LogP contribution in [0.2, 0.25) is 10.0 Å². The van der Waals surface area contributed by atoms with Crippen molar-refractivity contribution >= 4 is 61.5 Å². The first kappa shape index (κ1) is 21.7. The quantitative estimate of drug-likeness (QED) is 0.219. The number of nitrogens with two attached hydrogens (primary N) is 1. The van der Waals surface area contributed by atoms with Crippen molar-refractivity contribution in [2.75, 3.05) is 10.8 Å². The maximum absolute atomic E-state index is 13.3. The number of oxime groups is 1. The van der Waals surface area contributed by atoms with E-state index in [4.69, 9.17) is 34.1 Å². The number of hydrogen-bond acceptors (Lipinski definition) is 5. The molecule has 30 heavy (non-hydrogen) atoms. The van der Waals surface area contributed by atoms with Gasteiger partial charge in [0.25, 0.3) is 10.0 Å². The Morgan fingerprint density at radius 3 is 2.23 bits per heavy atom. The molecular weight excluding hydrogens is 453 g/mol. The Bertz CT molecular complexity index is 1260. The van der Waals surface area contributed by atoms with Crippen LogP contribution >= 0.6 is 23.2 Å². The van der Waals surface area contributed by atoms with Gasteiger partial charge >= 0.3 is 5.97 Å². The molecule has 3 rings (SSSR count). The van der Waals surface area contributed by atoms with E-state index in [1.165, 1.54) is 24.3 Å². The lowest BCUT2D eigenvalue weighted by molar-refractivity contribution is -0.135. The number of fused-ring (bicyclic) bond motifs is 1. The summed E-state index contributed by atoms with van der Waals surface area (Å²) in [5.74, 6) is -1.54. The highest BCUT2D eigenvalue weighted by Crippen LogP contribution is 2.34. The number of sulfonamides is 1. The van der Waals surface area contributed by atoms with Gasteiger partial charge in [0.2, 0.25) is 0 Å². The number of carboxylic acid groups (broad SMARTS) is 1. The normalized spacial score (nSPS) is 12.1. The van der Waals surface area contributed by atoms with Crippen LogP contribution in [0.4, 0.5) is 5.69 Å². The average Bonchev–Trinajstić information content (AvgIpc) is 2.69. The summed E-state index contributed by atoms with van der Waals surface area (Å²) in [4.78, 5) is 11.3. The third kappa shape index (κ3) is 4.13. The van der Waals surface area contributed by atoms with Crippen molar-refractivity contribution in [3.63, 3.8) is 0 Å². The van der Waals surface area contributed by atoms with Gasteiger partial charge in [-0.1, -0.05) is 58.7 Å². The number of carboxylic acids is 1. The molecule has 0 aromatic heterocycles. The van der Waals surface area contributed by atoms with E-state index >= 15 is 0 Å². The van der Waals surface area contributed by atoms with Gasteiger partial charge in [0.15, 0.2) is 5.84 Å². The van der Waals surface area contributed by atoms with Gasteiger partial charge in [-0.15, -0.1) is 0 Å². The van der Waals surface area contributed by atoms with Gasteiger partial charge in [-0.2, -0.15) is 0 Å². The molecule has 0 radical (unpaired) electrons. The lowest BCUT2D eigenvalue weighted by atomic mass is 10.0. The van der Waals surface area contributed by atoms with Crippen LogP contribution in [0.1, 0.15) is 5.56 Å². The molecule has 0 heterocycles. The summed E-state index contributed by atoms with van der Waals surface area (Å²) in [5.41, 5.74) is 6.17. The van der Waals surface area contributed by atoms with Gasteiger partial charge in [-0.05, 0) is 29.7 Å². The minimum absolute atomic E-state index is 0.0866. The fourth-order valence-electron chi connectivity index (χ4n) is 3.02. The molecule has 0 amide bonds. The number of halogens is 2. The molecule has 0 spiro atoms. The Hall–Kier alpha value is -3.01. The number of benzene rings is 3. The minimum atomic E-state index is -4.35. The molecule has 4 N–H and O–H groups in total. The van der Waals surface area contributed by atoms with Crippen molar-refractivity contribution in [3.8, 4) is 0 Å². The van der Waals surface area contributed by atoms with Crippen LogP contribution < -0.4 is 10.0 Å². The highest BCUT2D eigenvalue weighted by Gasteiger charge is 2.29. The van der Waals surface area contributed by atoms with Crippen LogP contribution in [-0.2, 0) is 14.8 Å². The van der Waals surface area contributed by atoms with E-state index in [2.05, 4.69) is 5.16 Å². The Balaban J connectivity index is 2.30. The average molecular weight is 468 g/mol. The second kappa shape index (κ2) is 8.39. The molecule has 0 bridgehead atoms. The predicted molar refractivity (Wildman–Crippen MR) is 115 cm³/mol. The van der Waals surface area contributed by atoms with Crippen LogP contribution in [0, 0.1) is 0 Å². The first-order chi connectivity index (χ1) is 14.1. The number of nitrogens with zero attached hydrogens (tertiary/aromatic N) is 2. The summed E-state index contributed by atoms with van der Waals surface area (Å²) >= 11 is 11.9. The van der Waals surface area contributed by atoms with Crippen LogP contribution in [0.5, 0.6) is 0 Å². The summed E-state index contributed by atoms with van der Waals surface area (Å²) in [6, 6.07) is 13.2. The fourth-order valence-corrected chi connectivity index (χ4v) is 5.18. The number of carbonyl (C=O) groups is 1. The van der Waals surface area contributed by atoms with Crippen molar-refractivity contribution in [3.05, 3.63) is 70.2 Å². The molecule has 11 heteroatoms. The minimum Gasteiger partial charge on any atom is -0.480 e. The van der Waals surface area contributed by atoms with Crippen LogP contribution in [0.25, 0.3) is 10.8 Å². The molecular formula is C19H15Cl2N3O5S. The standard InChI is InChI=1S/C19H15Cl2N3O5S/c20-11-7-12(21)9-13(8-11)30(28,29)24(10-18(25)26)17-6-2-3-14-15(17)4-1-5-16(14)19(22)23-27/h1-9,27H,10H2,(H2,22,23)(H,25,26). The zero-order valence-electron chi connectivity index (χ0n) is 15.2. The van der Waals surface area contributed by atoms with Crippen molar-refractivity contribution in [1.82, 2.24) is 0 Å². The van der Waals surface area contributed by atoms with Crippen molar-refractivity contribution in [2.24, 2.45) is 10.9 Å². The SMILES string of the molecule is NC(=NO)c1cccc2c(N(CC(=O)O)S(=O)(=O)c3cc(Cl)cc(Cl)c3)cccc12. The molecule has 3 aromatic carbocycles. The number of rotatable bonds is 6. The maximum Gasteiger partial charge on any atom is 0.324 e. The molecule has 3 aromatic rings. The number of anilines is 1. The number of hydrogen-bond donors (Lipinski definition) is 3. The van der Waals surface area contributed by atoms with Crippen LogP contribution in [0.15, 0.2) is 64.6 Å². The van der Waals surface area contributed by atoms with Gasteiger partial charge in [-0.25, -0.2) is 8.42 Å². The van der Waals surface area contributed by atoms with Crippen molar-refractivity contribution < 1.29 is 23.5 Å². The largest absolute Gasteiger partial charge is 0.480 e. The van der Waals surface area contributed by atoms with E-state index in [-0.39, 0.29) is 26.5 Å². The molecule has 0 saturated carbocycles.